The van der Waals surface area contributed by atoms with Crippen LogP contribution in [0, 0.1) is 11.3 Å². The minimum Gasteiger partial charge on any atom is -0.370 e. The van der Waals surface area contributed by atoms with Crippen molar-refractivity contribution >= 4 is 11.6 Å². The van der Waals surface area contributed by atoms with E-state index in [2.05, 4.69) is 46.9 Å². The second-order valence-corrected chi connectivity index (χ2v) is 9.71. The molecule has 27 heavy (non-hydrogen) atoms. The van der Waals surface area contributed by atoms with Crippen molar-refractivity contribution < 1.29 is 4.79 Å². The van der Waals surface area contributed by atoms with E-state index in [-0.39, 0.29) is 5.91 Å². The van der Waals surface area contributed by atoms with E-state index in [1.165, 1.54) is 32.4 Å². The molecule has 4 rings (SSSR count). The van der Waals surface area contributed by atoms with Gasteiger partial charge in [0.05, 0.1) is 11.9 Å². The second kappa shape index (κ2) is 7.42. The third-order valence-electron chi connectivity index (χ3n) is 6.68. The van der Waals surface area contributed by atoms with Gasteiger partial charge in [-0.05, 0) is 62.1 Å². The summed E-state index contributed by atoms with van der Waals surface area (Å²) in [7, 11) is 0. The Hall–Kier alpha value is -1.62. The predicted molar refractivity (Wildman–Crippen MR) is 109 cm³/mol. The summed E-state index contributed by atoms with van der Waals surface area (Å²) < 4.78 is 0. The van der Waals surface area contributed by atoms with Crippen LogP contribution < -0.4 is 10.2 Å². The topological polar surface area (TPSA) is 48.5 Å². The summed E-state index contributed by atoms with van der Waals surface area (Å²) in [5.41, 5.74) is 2.10. The van der Waals surface area contributed by atoms with Crippen molar-refractivity contribution in [2.45, 2.75) is 65.0 Å². The number of hydrogen-bond acceptors (Lipinski definition) is 4. The standard InChI is InChI=1S/C22H34N4O/c1-22(2,3)16-8-11-26(15-16)18-9-12-25(13-10-18)19-6-7-20(23-14-19)21(27)24-17-4-5-17/h6-7,14,16-18H,4-5,8-13,15H2,1-3H3,(H,24,27). The van der Waals surface area contributed by atoms with Crippen LogP contribution >= 0.6 is 0 Å². The Balaban J connectivity index is 1.28. The Morgan fingerprint density at radius 1 is 1.07 bits per heavy atom. The zero-order chi connectivity index (χ0) is 19.0. The van der Waals surface area contributed by atoms with Crippen molar-refractivity contribution in [3.63, 3.8) is 0 Å². The molecule has 1 atom stereocenters. The second-order valence-electron chi connectivity index (χ2n) is 9.71. The van der Waals surface area contributed by atoms with Gasteiger partial charge in [-0.15, -0.1) is 0 Å². The third-order valence-corrected chi connectivity index (χ3v) is 6.68. The Morgan fingerprint density at radius 2 is 1.81 bits per heavy atom. The number of nitrogens with zero attached hydrogens (tertiary/aromatic N) is 3. The highest BCUT2D eigenvalue weighted by Gasteiger charge is 2.35. The quantitative estimate of drug-likeness (QED) is 0.883. The van der Waals surface area contributed by atoms with Crippen molar-refractivity contribution in [1.82, 2.24) is 15.2 Å². The van der Waals surface area contributed by atoms with Gasteiger partial charge >= 0.3 is 0 Å². The number of pyridine rings is 1. The molecule has 1 amide bonds. The zero-order valence-electron chi connectivity index (χ0n) is 17.1. The van der Waals surface area contributed by atoms with E-state index in [1.807, 2.05) is 12.3 Å². The van der Waals surface area contributed by atoms with Gasteiger partial charge in [0.15, 0.2) is 0 Å². The van der Waals surface area contributed by atoms with E-state index in [4.69, 9.17) is 0 Å². The van der Waals surface area contributed by atoms with Crippen molar-refractivity contribution in [2.75, 3.05) is 31.1 Å². The molecule has 0 spiro atoms. The Morgan fingerprint density at radius 3 is 2.37 bits per heavy atom. The Kier molecular flexibility index (Phi) is 5.15. The molecule has 1 aromatic rings. The summed E-state index contributed by atoms with van der Waals surface area (Å²) in [4.78, 5) is 21.6. The molecule has 1 N–H and O–H groups in total. The van der Waals surface area contributed by atoms with Crippen molar-refractivity contribution in [1.29, 1.82) is 0 Å². The number of hydrogen-bond donors (Lipinski definition) is 1. The fraction of sp³-hybridized carbons (Fsp3) is 0.727. The first kappa shape index (κ1) is 18.7. The monoisotopic (exact) mass is 370 g/mol. The van der Waals surface area contributed by atoms with Gasteiger partial charge in [-0.1, -0.05) is 20.8 Å². The van der Waals surface area contributed by atoms with Crippen molar-refractivity contribution in [3.05, 3.63) is 24.0 Å². The molecule has 0 bridgehead atoms. The van der Waals surface area contributed by atoms with Crippen LogP contribution in [-0.2, 0) is 0 Å². The number of nitrogens with one attached hydrogen (secondary N) is 1. The summed E-state index contributed by atoms with van der Waals surface area (Å²) in [6.07, 6.45) is 7.87. The first-order valence-electron chi connectivity index (χ1n) is 10.7. The molecule has 0 radical (unpaired) electrons. The Labute approximate surface area is 163 Å². The highest BCUT2D eigenvalue weighted by Crippen LogP contribution is 2.36. The van der Waals surface area contributed by atoms with E-state index in [1.54, 1.807) is 0 Å². The number of amides is 1. The fourth-order valence-electron chi connectivity index (χ4n) is 4.51. The minimum atomic E-state index is -0.0369. The average molecular weight is 371 g/mol. The van der Waals surface area contributed by atoms with Gasteiger partial charge in [-0.25, -0.2) is 4.98 Å². The highest BCUT2D eigenvalue weighted by atomic mass is 16.2. The van der Waals surface area contributed by atoms with Gasteiger partial charge in [0.25, 0.3) is 5.91 Å². The maximum absolute atomic E-state index is 12.1. The summed E-state index contributed by atoms with van der Waals surface area (Å²) >= 11 is 0. The predicted octanol–water partition coefficient (Wildman–Crippen LogP) is 3.31. The lowest BCUT2D eigenvalue weighted by atomic mass is 9.80. The number of carbonyl (C=O) groups excluding carboxylic acids is 1. The molecule has 0 aromatic carbocycles. The molecule has 2 aliphatic heterocycles. The smallest absolute Gasteiger partial charge is 0.270 e. The van der Waals surface area contributed by atoms with Gasteiger partial charge in [0, 0.05) is 31.7 Å². The number of aromatic nitrogens is 1. The van der Waals surface area contributed by atoms with Crippen LogP contribution in [0.3, 0.4) is 0 Å². The van der Waals surface area contributed by atoms with Crippen LogP contribution in [0.25, 0.3) is 0 Å². The largest absolute Gasteiger partial charge is 0.370 e. The molecular weight excluding hydrogens is 336 g/mol. The van der Waals surface area contributed by atoms with Crippen molar-refractivity contribution in [3.8, 4) is 0 Å². The number of carbonyl (C=O) groups is 1. The van der Waals surface area contributed by atoms with E-state index < -0.39 is 0 Å². The summed E-state index contributed by atoms with van der Waals surface area (Å²) in [6.45, 7) is 11.8. The van der Waals surface area contributed by atoms with Crippen molar-refractivity contribution in [2.24, 2.45) is 11.3 Å². The molecule has 2 saturated heterocycles. The van der Waals surface area contributed by atoms with Crippen LogP contribution in [-0.4, -0.2) is 54.1 Å². The fourth-order valence-corrected chi connectivity index (χ4v) is 4.51. The van der Waals surface area contributed by atoms with E-state index >= 15 is 0 Å². The molecule has 3 fully saturated rings. The first-order chi connectivity index (χ1) is 12.9. The zero-order valence-corrected chi connectivity index (χ0v) is 17.1. The molecule has 3 heterocycles. The van der Waals surface area contributed by atoms with Gasteiger partial charge in [-0.3, -0.25) is 9.69 Å². The third kappa shape index (κ3) is 4.45. The molecule has 1 unspecified atom stereocenters. The normalized spacial score (nSPS) is 25.0. The number of anilines is 1. The van der Waals surface area contributed by atoms with Crippen LogP contribution in [0.4, 0.5) is 5.69 Å². The maximum atomic E-state index is 12.1. The summed E-state index contributed by atoms with van der Waals surface area (Å²) in [6, 6.07) is 5.03. The van der Waals surface area contributed by atoms with Gasteiger partial charge in [-0.2, -0.15) is 0 Å². The minimum absolute atomic E-state index is 0.0369. The number of likely N-dealkylation sites (tertiary alicyclic amines) is 1. The molecule has 1 aromatic heterocycles. The summed E-state index contributed by atoms with van der Waals surface area (Å²) in [5.74, 6) is 0.791. The average Bonchev–Trinajstić information content (AvgIpc) is 3.32. The number of piperidine rings is 1. The summed E-state index contributed by atoms with van der Waals surface area (Å²) in [5, 5.41) is 3.00. The van der Waals surface area contributed by atoms with E-state index in [9.17, 15) is 4.79 Å². The van der Waals surface area contributed by atoms with Crippen LogP contribution in [0.2, 0.25) is 0 Å². The van der Waals surface area contributed by atoms with Crippen LogP contribution in [0.1, 0.15) is 63.4 Å². The highest BCUT2D eigenvalue weighted by molar-refractivity contribution is 5.92. The molecule has 1 saturated carbocycles. The van der Waals surface area contributed by atoms with Crippen LogP contribution in [0.15, 0.2) is 18.3 Å². The van der Waals surface area contributed by atoms with Gasteiger partial charge < -0.3 is 10.2 Å². The molecule has 5 nitrogen and oxygen atoms in total. The van der Waals surface area contributed by atoms with E-state index in [0.717, 1.165) is 43.6 Å². The lowest BCUT2D eigenvalue weighted by Crippen LogP contribution is -2.44. The maximum Gasteiger partial charge on any atom is 0.270 e. The van der Waals surface area contributed by atoms with Gasteiger partial charge in [0.1, 0.15) is 5.69 Å². The molecular formula is C22H34N4O. The molecule has 148 valence electrons. The first-order valence-corrected chi connectivity index (χ1v) is 10.7. The SMILES string of the molecule is CC(C)(C)C1CCN(C2CCN(c3ccc(C(=O)NC4CC4)nc3)CC2)C1. The lowest BCUT2D eigenvalue weighted by molar-refractivity contribution is 0.0946. The van der Waals surface area contributed by atoms with Crippen LogP contribution in [0.5, 0.6) is 0 Å². The van der Waals surface area contributed by atoms with Gasteiger partial charge in [0.2, 0.25) is 0 Å². The molecule has 5 heteroatoms. The Bertz CT molecular complexity index is 654. The lowest BCUT2D eigenvalue weighted by Gasteiger charge is -2.38. The number of rotatable bonds is 4. The molecule has 1 aliphatic carbocycles. The van der Waals surface area contributed by atoms with E-state index in [0.29, 0.717) is 17.2 Å². The molecule has 3 aliphatic rings.